The Balaban J connectivity index is 2.49. The number of rotatable bonds is 1. The molecule has 1 heterocycles. The zero-order valence-electron chi connectivity index (χ0n) is 8.34. The number of benzene rings is 1. The van der Waals surface area contributed by atoms with Gasteiger partial charge >= 0.3 is 0 Å². The van der Waals surface area contributed by atoms with E-state index in [0.29, 0.717) is 10.0 Å². The maximum Gasteiger partial charge on any atom is 0.103 e. The first-order chi connectivity index (χ1) is 7.05. The second-order valence-corrected chi connectivity index (χ2v) is 6.02. The Morgan fingerprint density at radius 3 is 2.80 bits per heavy atom. The number of thioether (sulfide) groups is 1. The molecule has 15 heavy (non-hydrogen) atoms. The molecule has 0 radical (unpaired) electrons. The fourth-order valence-corrected chi connectivity index (χ4v) is 3.69. The van der Waals surface area contributed by atoms with Gasteiger partial charge in [-0.05, 0) is 18.2 Å². The van der Waals surface area contributed by atoms with Crippen molar-refractivity contribution in [3.8, 4) is 0 Å². The molecule has 2 atom stereocenters. The van der Waals surface area contributed by atoms with Crippen molar-refractivity contribution in [3.05, 3.63) is 33.8 Å². The third kappa shape index (κ3) is 1.89. The highest BCUT2D eigenvalue weighted by Crippen LogP contribution is 2.46. The van der Waals surface area contributed by atoms with E-state index in [-0.39, 0.29) is 5.25 Å². The van der Waals surface area contributed by atoms with Crippen LogP contribution in [0, 0.1) is 0 Å². The van der Waals surface area contributed by atoms with Crippen LogP contribution in [0.5, 0.6) is 0 Å². The Morgan fingerprint density at radius 1 is 1.47 bits per heavy atom. The van der Waals surface area contributed by atoms with Gasteiger partial charge in [-0.25, -0.2) is 0 Å². The van der Waals surface area contributed by atoms with E-state index < -0.39 is 5.60 Å². The number of hydrogen-bond acceptors (Lipinski definition) is 2. The number of halogens is 2. The van der Waals surface area contributed by atoms with Gasteiger partial charge in [0.25, 0.3) is 0 Å². The van der Waals surface area contributed by atoms with Crippen LogP contribution < -0.4 is 0 Å². The summed E-state index contributed by atoms with van der Waals surface area (Å²) in [5.41, 5.74) is -0.0682. The summed E-state index contributed by atoms with van der Waals surface area (Å²) in [7, 11) is 0. The lowest BCUT2D eigenvalue weighted by atomic mass is 9.88. The minimum absolute atomic E-state index is 0.161. The first-order valence-electron chi connectivity index (χ1n) is 4.84. The summed E-state index contributed by atoms with van der Waals surface area (Å²) in [6, 6.07) is 5.43. The monoisotopic (exact) mass is 262 g/mol. The molecule has 4 heteroatoms. The zero-order chi connectivity index (χ0) is 11.1. The lowest BCUT2D eigenvalue weighted by Crippen LogP contribution is -2.31. The summed E-state index contributed by atoms with van der Waals surface area (Å²) >= 11 is 13.8. The predicted octanol–water partition coefficient (Wildman–Crippen LogP) is 3.71. The quantitative estimate of drug-likeness (QED) is 0.833. The van der Waals surface area contributed by atoms with Gasteiger partial charge in [-0.2, -0.15) is 11.8 Å². The van der Waals surface area contributed by atoms with Crippen molar-refractivity contribution in [1.29, 1.82) is 0 Å². The fourth-order valence-electron chi connectivity index (χ4n) is 1.92. The molecule has 0 amide bonds. The molecular weight excluding hydrogens is 251 g/mol. The first-order valence-corrected chi connectivity index (χ1v) is 6.64. The molecule has 1 aliphatic rings. The Hall–Kier alpha value is 0.110. The molecule has 2 unspecified atom stereocenters. The van der Waals surface area contributed by atoms with Crippen LogP contribution in [0.15, 0.2) is 18.2 Å². The number of aliphatic hydroxyl groups is 1. The summed E-state index contributed by atoms with van der Waals surface area (Å²) < 4.78 is 0. The van der Waals surface area contributed by atoms with Crippen LogP contribution in [0.4, 0.5) is 0 Å². The molecule has 0 spiro atoms. The summed E-state index contributed by atoms with van der Waals surface area (Å²) in [6.45, 7) is 2.02. The molecule has 1 saturated heterocycles. The molecule has 0 aliphatic carbocycles. The molecule has 0 bridgehead atoms. The van der Waals surface area contributed by atoms with Gasteiger partial charge < -0.3 is 5.11 Å². The summed E-state index contributed by atoms with van der Waals surface area (Å²) in [5, 5.41) is 11.7. The van der Waals surface area contributed by atoms with Crippen LogP contribution in [0.3, 0.4) is 0 Å². The van der Waals surface area contributed by atoms with Crippen LogP contribution in [-0.2, 0) is 5.60 Å². The Morgan fingerprint density at radius 2 is 2.20 bits per heavy atom. The molecule has 82 valence electrons. The SMILES string of the molecule is CC1SCCC1(O)c1cccc(Cl)c1Cl. The minimum Gasteiger partial charge on any atom is -0.384 e. The molecule has 1 nitrogen and oxygen atoms in total. The van der Waals surface area contributed by atoms with Crippen LogP contribution in [0.25, 0.3) is 0 Å². The van der Waals surface area contributed by atoms with Crippen molar-refractivity contribution in [2.75, 3.05) is 5.75 Å². The van der Waals surface area contributed by atoms with Crippen LogP contribution in [-0.4, -0.2) is 16.1 Å². The van der Waals surface area contributed by atoms with Crippen molar-refractivity contribution in [2.45, 2.75) is 24.2 Å². The van der Waals surface area contributed by atoms with Crippen molar-refractivity contribution in [3.63, 3.8) is 0 Å². The maximum atomic E-state index is 10.6. The van der Waals surface area contributed by atoms with Crippen molar-refractivity contribution in [1.82, 2.24) is 0 Å². The largest absolute Gasteiger partial charge is 0.384 e. The third-order valence-corrected chi connectivity index (χ3v) is 5.09. The second-order valence-electron chi connectivity index (χ2n) is 3.79. The molecule has 1 aromatic rings. The van der Waals surface area contributed by atoms with E-state index in [2.05, 4.69) is 0 Å². The lowest BCUT2D eigenvalue weighted by Gasteiger charge is -2.28. The van der Waals surface area contributed by atoms with E-state index >= 15 is 0 Å². The normalized spacial score (nSPS) is 30.8. The molecule has 1 N–H and O–H groups in total. The molecule has 0 aromatic heterocycles. The molecule has 0 saturated carbocycles. The number of hydrogen-bond donors (Lipinski definition) is 1. The second kappa shape index (κ2) is 4.17. The highest BCUT2D eigenvalue weighted by Gasteiger charge is 2.42. The molecule has 1 aliphatic heterocycles. The van der Waals surface area contributed by atoms with Gasteiger partial charge in [0.05, 0.1) is 10.0 Å². The van der Waals surface area contributed by atoms with Gasteiger partial charge in [0, 0.05) is 10.8 Å². The Labute approximate surface area is 104 Å². The average molecular weight is 263 g/mol. The van der Waals surface area contributed by atoms with E-state index in [9.17, 15) is 5.11 Å². The molecule has 2 rings (SSSR count). The molecule has 1 aromatic carbocycles. The maximum absolute atomic E-state index is 10.6. The van der Waals surface area contributed by atoms with E-state index in [1.165, 1.54) is 0 Å². The summed E-state index contributed by atoms with van der Waals surface area (Å²) in [4.78, 5) is 0. The average Bonchev–Trinajstić information content (AvgIpc) is 2.53. The van der Waals surface area contributed by atoms with Gasteiger partial charge in [-0.1, -0.05) is 42.3 Å². The van der Waals surface area contributed by atoms with Gasteiger partial charge in [-0.15, -0.1) is 0 Å². The molecular formula is C11H12Cl2OS. The van der Waals surface area contributed by atoms with Gasteiger partial charge in [0.2, 0.25) is 0 Å². The Kier molecular flexibility index (Phi) is 3.22. The van der Waals surface area contributed by atoms with Crippen molar-refractivity contribution in [2.24, 2.45) is 0 Å². The highest BCUT2D eigenvalue weighted by molar-refractivity contribution is 8.00. The third-order valence-electron chi connectivity index (χ3n) is 2.94. The molecule has 1 fully saturated rings. The van der Waals surface area contributed by atoms with E-state index in [4.69, 9.17) is 23.2 Å². The predicted molar refractivity (Wildman–Crippen MR) is 66.9 cm³/mol. The van der Waals surface area contributed by atoms with Gasteiger partial charge in [-0.3, -0.25) is 0 Å². The first kappa shape index (κ1) is 11.6. The highest BCUT2D eigenvalue weighted by atomic mass is 35.5. The standard InChI is InChI=1S/C11H12Cl2OS/c1-7-11(14,5-6-15-7)8-3-2-4-9(12)10(8)13/h2-4,7,14H,5-6H2,1H3. The van der Waals surface area contributed by atoms with Gasteiger partial charge in [0.15, 0.2) is 0 Å². The van der Waals surface area contributed by atoms with Crippen LogP contribution >= 0.6 is 35.0 Å². The Bertz CT molecular complexity index is 383. The van der Waals surface area contributed by atoms with Gasteiger partial charge in [0.1, 0.15) is 5.60 Å². The minimum atomic E-state index is -0.827. The summed E-state index contributed by atoms with van der Waals surface area (Å²) in [6.07, 6.45) is 0.735. The smallest absolute Gasteiger partial charge is 0.103 e. The van der Waals surface area contributed by atoms with Crippen LogP contribution in [0.2, 0.25) is 10.0 Å². The zero-order valence-corrected chi connectivity index (χ0v) is 10.7. The van der Waals surface area contributed by atoms with E-state index in [0.717, 1.165) is 17.7 Å². The van der Waals surface area contributed by atoms with E-state index in [1.54, 1.807) is 17.8 Å². The lowest BCUT2D eigenvalue weighted by molar-refractivity contribution is 0.0428. The van der Waals surface area contributed by atoms with Crippen molar-refractivity contribution < 1.29 is 5.11 Å². The summed E-state index contributed by atoms with van der Waals surface area (Å²) in [5.74, 6) is 0.959. The van der Waals surface area contributed by atoms with Crippen LogP contribution in [0.1, 0.15) is 18.9 Å². The fraction of sp³-hybridized carbons (Fsp3) is 0.455. The van der Waals surface area contributed by atoms with E-state index in [1.807, 2.05) is 19.1 Å². The topological polar surface area (TPSA) is 20.2 Å². The van der Waals surface area contributed by atoms with Crippen molar-refractivity contribution >= 4 is 35.0 Å².